The van der Waals surface area contributed by atoms with E-state index >= 15 is 0 Å². The van der Waals surface area contributed by atoms with Gasteiger partial charge in [0.2, 0.25) is 5.91 Å². The van der Waals surface area contributed by atoms with E-state index in [0.29, 0.717) is 12.1 Å². The van der Waals surface area contributed by atoms with Crippen molar-refractivity contribution in [3.05, 3.63) is 69.9 Å². The Morgan fingerprint density at radius 1 is 1.41 bits per heavy atom. The van der Waals surface area contributed by atoms with Crippen LogP contribution in [0.2, 0.25) is 0 Å². The normalized spacial score (nSPS) is 18.1. The van der Waals surface area contributed by atoms with Gasteiger partial charge in [-0.2, -0.15) is 16.4 Å². The van der Waals surface area contributed by atoms with Crippen molar-refractivity contribution in [1.82, 2.24) is 15.1 Å². The van der Waals surface area contributed by atoms with Crippen molar-refractivity contribution in [3.8, 4) is 5.69 Å². The van der Waals surface area contributed by atoms with E-state index in [1.165, 1.54) is 12.1 Å². The number of thiophene rings is 1. The molecule has 2 aromatic heterocycles. The third-order valence-corrected chi connectivity index (χ3v) is 5.74. The summed E-state index contributed by atoms with van der Waals surface area (Å²) in [6.07, 6.45) is 3.87. The van der Waals surface area contributed by atoms with Gasteiger partial charge in [-0.15, -0.1) is 0 Å². The van der Waals surface area contributed by atoms with E-state index in [-0.39, 0.29) is 23.2 Å². The fourth-order valence-electron chi connectivity index (χ4n) is 3.83. The highest BCUT2D eigenvalue weighted by Crippen LogP contribution is 2.41. The number of nitrogens with one attached hydrogen (secondary N) is 1. The molecule has 1 atom stereocenters. The summed E-state index contributed by atoms with van der Waals surface area (Å²) in [6, 6.07) is 8.34. The average Bonchev–Trinajstić information content (AvgIpc) is 3.23. The summed E-state index contributed by atoms with van der Waals surface area (Å²) in [5.41, 5.74) is 3.81. The number of carbonyl (C=O) groups excluding carboxylic acids is 1. The topological polar surface area (TPSA) is 46.9 Å². The second kappa shape index (κ2) is 6.93. The number of rotatable bonds is 4. The maximum atomic E-state index is 13.7. The van der Waals surface area contributed by atoms with E-state index in [2.05, 4.69) is 24.3 Å². The predicted octanol–water partition coefficient (Wildman–Crippen LogP) is 4.45. The van der Waals surface area contributed by atoms with Crippen LogP contribution in [-0.2, 0) is 17.6 Å². The van der Waals surface area contributed by atoms with Crippen molar-refractivity contribution in [3.63, 3.8) is 0 Å². The third kappa shape index (κ3) is 3.81. The summed E-state index contributed by atoms with van der Waals surface area (Å²) in [5, 5.41) is 11.7. The van der Waals surface area contributed by atoms with Crippen molar-refractivity contribution in [2.75, 3.05) is 0 Å². The Morgan fingerprint density at radius 2 is 2.26 bits per heavy atom. The minimum atomic E-state index is -0.285. The van der Waals surface area contributed by atoms with Crippen LogP contribution in [0.5, 0.6) is 0 Å². The SMILES string of the molecule is CC1(C)Cc2c(cnn2-c2cccc(F)c2)[C@@H](NC(=O)Cc2ccsc2)C1. The molecule has 0 aliphatic heterocycles. The average molecular weight is 383 g/mol. The summed E-state index contributed by atoms with van der Waals surface area (Å²) in [5.74, 6) is -0.270. The molecule has 0 radical (unpaired) electrons. The molecule has 0 unspecified atom stereocenters. The van der Waals surface area contributed by atoms with Gasteiger partial charge in [-0.25, -0.2) is 9.07 Å². The van der Waals surface area contributed by atoms with Crippen molar-refractivity contribution in [2.45, 2.75) is 39.2 Å². The lowest BCUT2D eigenvalue weighted by Gasteiger charge is -2.36. The van der Waals surface area contributed by atoms with Crippen LogP contribution in [0.15, 0.2) is 47.3 Å². The zero-order valence-corrected chi connectivity index (χ0v) is 16.2. The highest BCUT2D eigenvalue weighted by atomic mass is 32.1. The number of carbonyl (C=O) groups is 1. The Hall–Kier alpha value is -2.47. The Labute approximate surface area is 162 Å². The smallest absolute Gasteiger partial charge is 0.224 e. The first-order valence-electron chi connectivity index (χ1n) is 9.04. The first-order chi connectivity index (χ1) is 12.9. The molecule has 1 aliphatic carbocycles. The van der Waals surface area contributed by atoms with Crippen LogP contribution in [0.3, 0.4) is 0 Å². The van der Waals surface area contributed by atoms with Crippen LogP contribution in [-0.4, -0.2) is 15.7 Å². The fraction of sp³-hybridized carbons (Fsp3) is 0.333. The third-order valence-electron chi connectivity index (χ3n) is 5.01. The second-order valence-electron chi connectivity index (χ2n) is 7.91. The monoisotopic (exact) mass is 383 g/mol. The molecule has 4 rings (SSSR count). The number of fused-ring (bicyclic) bond motifs is 1. The van der Waals surface area contributed by atoms with Crippen LogP contribution in [0.4, 0.5) is 4.39 Å². The maximum Gasteiger partial charge on any atom is 0.224 e. The van der Waals surface area contributed by atoms with E-state index in [1.807, 2.05) is 29.1 Å². The van der Waals surface area contributed by atoms with Crippen molar-refractivity contribution in [1.29, 1.82) is 0 Å². The number of benzene rings is 1. The van der Waals surface area contributed by atoms with Gasteiger partial charge in [-0.3, -0.25) is 4.79 Å². The molecule has 27 heavy (non-hydrogen) atoms. The van der Waals surface area contributed by atoms with Gasteiger partial charge in [-0.05, 0) is 58.8 Å². The van der Waals surface area contributed by atoms with Crippen LogP contribution in [0.25, 0.3) is 5.69 Å². The van der Waals surface area contributed by atoms with Gasteiger partial charge in [0.1, 0.15) is 5.82 Å². The highest BCUT2D eigenvalue weighted by molar-refractivity contribution is 7.08. The molecule has 1 amide bonds. The van der Waals surface area contributed by atoms with Crippen molar-refractivity contribution in [2.24, 2.45) is 5.41 Å². The molecule has 1 N–H and O–H groups in total. The molecule has 140 valence electrons. The van der Waals surface area contributed by atoms with Crippen molar-refractivity contribution >= 4 is 17.2 Å². The molecule has 1 aromatic carbocycles. The summed E-state index contributed by atoms with van der Waals surface area (Å²) in [7, 11) is 0. The van der Waals surface area contributed by atoms with E-state index in [0.717, 1.165) is 29.7 Å². The molecular formula is C21H22FN3OS. The lowest BCUT2D eigenvalue weighted by molar-refractivity contribution is -0.121. The number of aromatic nitrogens is 2. The molecule has 0 fully saturated rings. The van der Waals surface area contributed by atoms with Crippen LogP contribution in [0, 0.1) is 11.2 Å². The lowest BCUT2D eigenvalue weighted by atomic mass is 9.74. The largest absolute Gasteiger partial charge is 0.349 e. The van der Waals surface area contributed by atoms with E-state index < -0.39 is 0 Å². The van der Waals surface area contributed by atoms with Gasteiger partial charge in [0, 0.05) is 5.56 Å². The zero-order valence-electron chi connectivity index (χ0n) is 15.4. The van der Waals surface area contributed by atoms with Crippen LogP contribution in [0.1, 0.15) is 43.1 Å². The van der Waals surface area contributed by atoms with E-state index in [9.17, 15) is 9.18 Å². The quantitative estimate of drug-likeness (QED) is 0.724. The Balaban J connectivity index is 1.63. The Bertz CT molecular complexity index is 962. The molecule has 3 aromatic rings. The Kier molecular flexibility index (Phi) is 4.60. The van der Waals surface area contributed by atoms with Gasteiger partial charge in [0.05, 0.1) is 30.0 Å². The van der Waals surface area contributed by atoms with Crippen molar-refractivity contribution < 1.29 is 9.18 Å². The minimum absolute atomic E-state index is 0.0123. The standard InChI is InChI=1S/C21H22FN3OS/c1-21(2)10-18(24-20(26)8-14-6-7-27-13-14)17-12-23-25(19(17)11-21)16-5-3-4-15(22)9-16/h3-7,9,12-13,18H,8,10-11H2,1-2H3,(H,24,26)/t18-/m0/s1. The van der Waals surface area contributed by atoms with Gasteiger partial charge >= 0.3 is 0 Å². The summed E-state index contributed by atoms with van der Waals surface area (Å²) >= 11 is 1.59. The van der Waals surface area contributed by atoms with Crippen LogP contribution < -0.4 is 5.32 Å². The molecule has 1 aliphatic rings. The summed E-state index contributed by atoms with van der Waals surface area (Å²) in [4.78, 5) is 12.5. The van der Waals surface area contributed by atoms with E-state index in [1.54, 1.807) is 22.1 Å². The molecule has 2 heterocycles. The molecule has 4 nitrogen and oxygen atoms in total. The molecule has 6 heteroatoms. The first kappa shape index (κ1) is 17.9. The second-order valence-corrected chi connectivity index (χ2v) is 8.69. The number of nitrogens with zero attached hydrogens (tertiary/aromatic N) is 2. The van der Waals surface area contributed by atoms with Crippen LogP contribution >= 0.6 is 11.3 Å². The van der Waals surface area contributed by atoms with Gasteiger partial charge in [-0.1, -0.05) is 19.9 Å². The summed E-state index contributed by atoms with van der Waals surface area (Å²) in [6.45, 7) is 4.38. The first-order valence-corrected chi connectivity index (χ1v) is 9.99. The molecular weight excluding hydrogens is 361 g/mol. The molecule has 0 spiro atoms. The zero-order chi connectivity index (χ0) is 19.0. The van der Waals surface area contributed by atoms with E-state index in [4.69, 9.17) is 0 Å². The number of halogens is 1. The van der Waals surface area contributed by atoms with Gasteiger partial charge in [0.15, 0.2) is 0 Å². The predicted molar refractivity (Wildman–Crippen MR) is 105 cm³/mol. The fourth-order valence-corrected chi connectivity index (χ4v) is 4.49. The Morgan fingerprint density at radius 3 is 3.00 bits per heavy atom. The number of amides is 1. The number of hydrogen-bond donors (Lipinski definition) is 1. The molecule has 0 saturated heterocycles. The minimum Gasteiger partial charge on any atom is -0.349 e. The lowest BCUT2D eigenvalue weighted by Crippen LogP contribution is -2.37. The van der Waals surface area contributed by atoms with Gasteiger partial charge < -0.3 is 5.32 Å². The molecule has 0 bridgehead atoms. The summed E-state index contributed by atoms with van der Waals surface area (Å²) < 4.78 is 15.5. The van der Waals surface area contributed by atoms with Gasteiger partial charge in [0.25, 0.3) is 0 Å². The number of hydrogen-bond acceptors (Lipinski definition) is 3. The molecule has 0 saturated carbocycles. The maximum absolute atomic E-state index is 13.7. The highest BCUT2D eigenvalue weighted by Gasteiger charge is 2.36.